The summed E-state index contributed by atoms with van der Waals surface area (Å²) in [6.07, 6.45) is 0. The van der Waals surface area contributed by atoms with Crippen LogP contribution in [0, 0.1) is 0 Å². The van der Waals surface area contributed by atoms with Crippen LogP contribution >= 0.6 is 0 Å². The van der Waals surface area contributed by atoms with Crippen LogP contribution < -0.4 is 4.74 Å². The van der Waals surface area contributed by atoms with Gasteiger partial charge in [-0.1, -0.05) is 88.0 Å². The van der Waals surface area contributed by atoms with Crippen molar-refractivity contribution < 1.29 is 152 Å². The number of benzene rings is 2. The van der Waals surface area contributed by atoms with E-state index in [2.05, 4.69) is 39.5 Å². The maximum absolute atomic E-state index is 11.1. The smallest absolute Gasteiger partial charge is 0.333 e. The SMILES string of the molecule is C=C(C)C(=O)OCCOCCOCCOC.C=C(C)C(=O)OCCOCCOCCOCCOC.C=C(C)C(=O)OCCOCCOCCOCCOCCO.C=C(C)C(=O)OCCOCCOCCOCCOCCOC.C=C(C)C(=O)OCCOCCOCCOc1ccccc1.C=C(C)C(=O)OCc1ccccc1. The minimum absolute atomic E-state index is 0.0233. The van der Waals surface area contributed by atoms with Gasteiger partial charge in [-0.05, 0) is 59.2 Å². The molecule has 0 heterocycles. The summed E-state index contributed by atoms with van der Waals surface area (Å²) in [5, 5.41) is 8.47. The van der Waals surface area contributed by atoms with Crippen molar-refractivity contribution in [3.8, 4) is 5.75 Å². The Morgan fingerprint density at radius 3 is 0.625 bits per heavy atom. The molecule has 0 amide bonds. The quantitative estimate of drug-likeness (QED) is 0.0299. The van der Waals surface area contributed by atoms with Crippen LogP contribution in [0.15, 0.2) is 134 Å². The van der Waals surface area contributed by atoms with Gasteiger partial charge in [0.05, 0.1) is 225 Å². The highest BCUT2D eigenvalue weighted by Gasteiger charge is 2.08. The number of carbonyl (C=O) groups excluding carboxylic acids is 6. The van der Waals surface area contributed by atoms with Crippen LogP contribution in [0.5, 0.6) is 5.75 Å². The average Bonchev–Trinajstić information content (AvgIpc) is 0.974. The first-order valence-corrected chi connectivity index (χ1v) is 36.5. The first-order valence-electron chi connectivity index (χ1n) is 36.5. The van der Waals surface area contributed by atoms with E-state index in [4.69, 9.17) is 124 Å². The van der Waals surface area contributed by atoms with E-state index in [9.17, 15) is 28.8 Å². The molecule has 0 aromatic heterocycles. The fraction of sp³-hybridized carbons (Fsp3) is 0.625. The highest BCUT2D eigenvalue weighted by atomic mass is 16.6. The number of hydrogen-bond donors (Lipinski definition) is 1. The molecule has 0 bridgehead atoms. The molecular weight excluding hydrogens is 1470 g/mol. The Balaban J connectivity index is -0.000000629. The highest BCUT2D eigenvalue weighted by Crippen LogP contribution is 2.08. The Bertz CT molecular complexity index is 2610. The van der Waals surface area contributed by atoms with Crippen LogP contribution in [0.4, 0.5) is 0 Å². The van der Waals surface area contributed by atoms with Gasteiger partial charge in [-0.2, -0.15) is 0 Å². The molecule has 2 aromatic rings. The van der Waals surface area contributed by atoms with Crippen LogP contribution in [0.2, 0.25) is 0 Å². The molecule has 0 aliphatic rings. The van der Waals surface area contributed by atoms with Crippen LogP contribution in [-0.4, -0.2) is 327 Å². The standard InChI is InChI=1S/C16H22O5.C15H28O7.C14H26O7.C13H24O6.C11H20O5.C11H12O2/c1-14(2)16(17)21-13-11-19-9-8-18-10-12-20-15-6-4-3-5-7-15;1-14(2)15(16)22-13-12-21-11-10-20-9-8-19-7-6-18-5-4-17-3;1-13(2)14(16)21-12-11-20-10-9-19-8-7-18-6-5-17-4-3-15;1-12(2)13(14)19-11-10-18-9-8-17-7-6-16-5-4-15-3;1-10(2)11(12)16-9-8-15-7-6-14-5-4-13-3;1-9(2)11(12)13-8-10-6-4-3-5-7-10/h3-7H,1,8-13H2,2H3;1,4-13H2,2-3H3;15H,1,3-12H2,2H3;1,4-11H2,2-3H3;1,4-9H2,2-3H3;3-7H,1,8H2,2H3. The zero-order valence-electron chi connectivity index (χ0n) is 68.1. The second-order valence-electron chi connectivity index (χ2n) is 22.5. The molecule has 0 spiro atoms. The number of esters is 6. The number of aliphatic hydroxyl groups is 1. The molecule has 0 unspecified atom stereocenters. The molecule has 112 heavy (non-hydrogen) atoms. The molecule has 0 radical (unpaired) electrons. The third-order valence-electron chi connectivity index (χ3n) is 12.1. The summed E-state index contributed by atoms with van der Waals surface area (Å²) in [5.41, 5.74) is 3.33. The molecular formula is C80H132O32. The zero-order chi connectivity index (χ0) is 83.8. The van der Waals surface area contributed by atoms with Crippen molar-refractivity contribution in [3.63, 3.8) is 0 Å². The molecule has 32 heteroatoms. The number of para-hydroxylation sites is 1. The van der Waals surface area contributed by atoms with Gasteiger partial charge in [-0.25, -0.2) is 28.8 Å². The van der Waals surface area contributed by atoms with Crippen molar-refractivity contribution in [2.75, 3.05) is 286 Å². The maximum atomic E-state index is 11.1. The summed E-state index contributed by atoms with van der Waals surface area (Å²) in [6, 6.07) is 19.1. The second kappa shape index (κ2) is 89.3. The van der Waals surface area contributed by atoms with Crippen LogP contribution in [0.3, 0.4) is 0 Å². The second-order valence-corrected chi connectivity index (χ2v) is 22.5. The first kappa shape index (κ1) is 111. The minimum Gasteiger partial charge on any atom is -0.491 e. The van der Waals surface area contributed by atoms with E-state index in [0.717, 1.165) is 11.3 Å². The molecule has 2 aromatic carbocycles. The summed E-state index contributed by atoms with van der Waals surface area (Å²) < 4.78 is 128. The zero-order valence-corrected chi connectivity index (χ0v) is 68.1. The normalized spacial score (nSPS) is 10.3. The van der Waals surface area contributed by atoms with E-state index >= 15 is 0 Å². The van der Waals surface area contributed by atoms with Gasteiger partial charge in [0, 0.05) is 54.8 Å². The van der Waals surface area contributed by atoms with E-state index < -0.39 is 23.9 Å². The predicted molar refractivity (Wildman–Crippen MR) is 417 cm³/mol. The van der Waals surface area contributed by atoms with Gasteiger partial charge in [0.2, 0.25) is 0 Å². The number of methoxy groups -OCH3 is 3. The lowest BCUT2D eigenvalue weighted by atomic mass is 10.2. The third-order valence-corrected chi connectivity index (χ3v) is 12.1. The molecule has 2 rings (SSSR count). The Hall–Kier alpha value is -7.26. The fourth-order valence-corrected chi connectivity index (χ4v) is 6.36. The molecule has 0 saturated heterocycles. The average molecular weight is 1610 g/mol. The van der Waals surface area contributed by atoms with Crippen molar-refractivity contribution in [1.82, 2.24) is 0 Å². The topological polar surface area (TPSA) is 353 Å². The number of hydrogen-bond acceptors (Lipinski definition) is 32. The Morgan fingerprint density at radius 2 is 0.420 bits per heavy atom. The summed E-state index contributed by atoms with van der Waals surface area (Å²) in [4.78, 5) is 66.0. The molecule has 0 aliphatic heterocycles. The van der Waals surface area contributed by atoms with Crippen molar-refractivity contribution in [2.24, 2.45) is 0 Å². The van der Waals surface area contributed by atoms with Crippen LogP contribution in [-0.2, 0) is 149 Å². The summed E-state index contributed by atoms with van der Waals surface area (Å²) in [7, 11) is 4.89. The number of ether oxygens (including phenoxy) is 25. The monoisotopic (exact) mass is 1600 g/mol. The van der Waals surface area contributed by atoms with Gasteiger partial charge >= 0.3 is 35.8 Å². The van der Waals surface area contributed by atoms with Gasteiger partial charge in [-0.15, -0.1) is 0 Å². The van der Waals surface area contributed by atoms with Crippen molar-refractivity contribution in [2.45, 2.75) is 48.1 Å². The van der Waals surface area contributed by atoms with E-state index in [1.165, 1.54) is 0 Å². The van der Waals surface area contributed by atoms with Crippen molar-refractivity contribution in [1.29, 1.82) is 0 Å². The van der Waals surface area contributed by atoms with Crippen molar-refractivity contribution >= 4 is 35.8 Å². The van der Waals surface area contributed by atoms with Crippen LogP contribution in [0.25, 0.3) is 0 Å². The largest absolute Gasteiger partial charge is 0.491 e. The van der Waals surface area contributed by atoms with Gasteiger partial charge in [0.1, 0.15) is 52.0 Å². The third kappa shape index (κ3) is 89.9. The van der Waals surface area contributed by atoms with Crippen molar-refractivity contribution in [3.05, 3.63) is 139 Å². The van der Waals surface area contributed by atoms with Crippen LogP contribution in [0.1, 0.15) is 47.1 Å². The number of aliphatic hydroxyl groups excluding tert-OH is 1. The first-order chi connectivity index (χ1) is 54.1. The highest BCUT2D eigenvalue weighted by molar-refractivity contribution is 5.88. The molecule has 0 aliphatic carbocycles. The molecule has 1 N–H and O–H groups in total. The van der Waals surface area contributed by atoms with Gasteiger partial charge in [0.15, 0.2) is 0 Å². The summed E-state index contributed by atoms with van der Waals surface area (Å²) >= 11 is 0. The summed E-state index contributed by atoms with van der Waals surface area (Å²) in [6.45, 7) is 48.3. The Labute approximate surface area is 664 Å². The van der Waals surface area contributed by atoms with Gasteiger partial charge in [0.25, 0.3) is 0 Å². The minimum atomic E-state index is -0.407. The fourth-order valence-electron chi connectivity index (χ4n) is 6.36. The Morgan fingerprint density at radius 1 is 0.241 bits per heavy atom. The summed E-state index contributed by atoms with van der Waals surface area (Å²) in [5.74, 6) is -1.50. The Kier molecular flexibility index (Phi) is 88.6. The molecule has 0 atom stereocenters. The van der Waals surface area contributed by atoms with E-state index in [0.29, 0.717) is 265 Å². The number of carbonyl (C=O) groups is 6. The molecule has 644 valence electrons. The lowest BCUT2D eigenvalue weighted by Gasteiger charge is -2.08. The van der Waals surface area contributed by atoms with Gasteiger partial charge < -0.3 is 124 Å². The molecule has 0 fully saturated rings. The van der Waals surface area contributed by atoms with Gasteiger partial charge in [-0.3, -0.25) is 0 Å². The molecule has 0 saturated carbocycles. The maximum Gasteiger partial charge on any atom is 0.333 e. The molecule has 32 nitrogen and oxygen atoms in total. The lowest BCUT2D eigenvalue weighted by Crippen LogP contribution is -2.15. The van der Waals surface area contributed by atoms with E-state index in [1.54, 1.807) is 62.9 Å². The number of rotatable bonds is 68. The van der Waals surface area contributed by atoms with E-state index in [1.807, 2.05) is 60.7 Å². The van der Waals surface area contributed by atoms with E-state index in [-0.39, 0.29) is 51.6 Å². The predicted octanol–water partition coefficient (Wildman–Crippen LogP) is 7.09. The lowest BCUT2D eigenvalue weighted by molar-refractivity contribution is -0.141.